The normalized spacial score (nSPS) is 26.4. The van der Waals surface area contributed by atoms with E-state index >= 15 is 0 Å². The van der Waals surface area contributed by atoms with Gasteiger partial charge in [-0.15, -0.1) is 0 Å². The van der Waals surface area contributed by atoms with Gasteiger partial charge in [-0.2, -0.15) is 0 Å². The summed E-state index contributed by atoms with van der Waals surface area (Å²) in [6, 6.07) is 3.67. The van der Waals surface area contributed by atoms with Gasteiger partial charge in [0, 0.05) is 126 Å². The third kappa shape index (κ3) is 35.3. The van der Waals surface area contributed by atoms with E-state index in [1.807, 2.05) is 41.5 Å². The summed E-state index contributed by atoms with van der Waals surface area (Å²) in [5.41, 5.74) is 0. The first-order valence-corrected chi connectivity index (χ1v) is 63.2. The zero-order valence-electron chi connectivity index (χ0n) is 71.6. The van der Waals surface area contributed by atoms with Crippen molar-refractivity contribution >= 4 is 100 Å². The molecule has 0 aromatic heterocycles. The predicted octanol–water partition coefficient (Wildman–Crippen LogP) is 19.3. The molecular weight excluding hydrogens is 1550 g/mol. The zero-order valence-corrected chi connectivity index (χ0v) is 81.6. The highest BCUT2D eigenvalue weighted by molar-refractivity contribution is 7.03. The third-order valence-electron chi connectivity index (χ3n) is 20.3. The van der Waals surface area contributed by atoms with Crippen LogP contribution in [0.15, 0.2) is 0 Å². The number of rotatable bonds is 64. The summed E-state index contributed by atoms with van der Waals surface area (Å²) in [5.74, 6) is 3.25. The first-order chi connectivity index (χ1) is 51.6. The first kappa shape index (κ1) is 98.6. The minimum atomic E-state index is -4.45. The Hall–Kier alpha value is -0.0112. The van der Waals surface area contributed by atoms with E-state index in [4.69, 9.17) is 75.9 Å². The fraction of sp³-hybridized carbons (Fsp3) is 0.973. The molecule has 0 aromatic rings. The van der Waals surface area contributed by atoms with Crippen LogP contribution in [-0.2, 0) is 75.9 Å². The molecule has 24 nitrogen and oxygen atoms in total. The molecule has 0 aliphatic carbocycles. The van der Waals surface area contributed by atoms with Gasteiger partial charge in [0.1, 0.15) is 0 Å². The van der Waals surface area contributed by atoms with Gasteiger partial charge in [-0.3, -0.25) is 0 Å². The van der Waals surface area contributed by atoms with Crippen molar-refractivity contribution < 1.29 is 85.5 Å². The Morgan fingerprint density at radius 1 is 0.241 bits per heavy atom. The maximum atomic E-state index is 14.1. The molecule has 6 rings (SSSR count). The number of amides is 4. The van der Waals surface area contributed by atoms with Crippen LogP contribution in [0.1, 0.15) is 304 Å². The van der Waals surface area contributed by atoms with Gasteiger partial charge in [0.25, 0.3) is 0 Å². The molecule has 636 valence electrons. The smallest absolute Gasteiger partial charge is 0.374 e. The minimum absolute atomic E-state index is 0.221. The molecule has 4 atom stereocenters. The number of hydrogen-bond acceptors (Lipinski definition) is 20. The predicted molar refractivity (Wildman–Crippen MR) is 449 cm³/mol. The fourth-order valence-electron chi connectivity index (χ4n) is 15.1. The molecule has 4 unspecified atom stereocenters. The van der Waals surface area contributed by atoms with E-state index in [2.05, 4.69) is 104 Å². The number of nitrogens with one attached hydrogen (secondary N) is 4. The van der Waals surface area contributed by atoms with Gasteiger partial charge in [0.05, 0.1) is 0 Å². The van der Waals surface area contributed by atoms with Crippen molar-refractivity contribution in [1.82, 2.24) is 21.3 Å². The highest BCUT2D eigenvalue weighted by atomic mass is 28.6. The van der Waals surface area contributed by atoms with Crippen LogP contribution in [0, 0.1) is 35.5 Å². The van der Waals surface area contributed by atoms with Crippen molar-refractivity contribution in [3.8, 4) is 0 Å². The van der Waals surface area contributed by atoms with Crippen LogP contribution in [-0.4, -0.2) is 166 Å². The Morgan fingerprint density at radius 3 is 0.556 bits per heavy atom. The molecule has 6 aliphatic rings. The lowest BCUT2D eigenvalue weighted by molar-refractivity contribution is -0.0314. The average molecular weight is 1710 g/mol. The van der Waals surface area contributed by atoms with Gasteiger partial charge in [-0.25, -0.2) is 9.59 Å². The molecule has 4 N–H and O–H groups in total. The SMILES string of the molecule is CCO[Si](CCCNC(=O)NCCC[Si]12O[Si]3(CCCCCC(C)C)O[Si]4(CCCCCC(C)C)O[Si]5(CCCCCC(C)C)O[Si](CCCCCC(C)C)(O3)O[Si](CCCNC(=O)NCCC[Si](OCC)(OCC)OCC)(O[Si](CCCCCC(C)C)(O5)O[Si](CCCCCC(C)C)(O4)O1)O2)(OCC)OCC. The van der Waals surface area contributed by atoms with Gasteiger partial charge in [-0.05, 0) is 141 Å². The Kier molecular flexibility index (Phi) is 46.3. The monoisotopic (exact) mass is 1700 g/mol. The number of unbranched alkanes of at least 4 members (excludes halogenated alkanes) is 12. The molecule has 34 heteroatoms. The summed E-state index contributed by atoms with van der Waals surface area (Å²) in [4.78, 5) is 28.1. The molecule has 6 saturated heterocycles. The molecule has 0 aromatic carbocycles. The molecule has 6 aliphatic heterocycles. The van der Waals surface area contributed by atoms with Crippen molar-refractivity contribution in [2.45, 2.75) is 365 Å². The van der Waals surface area contributed by atoms with Gasteiger partial charge in [-0.1, -0.05) is 199 Å². The topological polar surface area (TPSA) is 248 Å². The first-order valence-electron chi connectivity index (χ1n) is 43.8. The summed E-state index contributed by atoms with van der Waals surface area (Å²) in [6.07, 6.45) is 24.8. The van der Waals surface area contributed by atoms with Crippen molar-refractivity contribution in [1.29, 1.82) is 0 Å². The van der Waals surface area contributed by atoms with Crippen molar-refractivity contribution in [2.24, 2.45) is 35.5 Å². The maximum Gasteiger partial charge on any atom is 0.500 e. The number of urea groups is 2. The lowest BCUT2D eigenvalue weighted by Gasteiger charge is -2.63. The summed E-state index contributed by atoms with van der Waals surface area (Å²) in [6.45, 7) is 43.4. The molecule has 4 amide bonds. The molecule has 6 fully saturated rings. The highest BCUT2D eigenvalue weighted by Crippen LogP contribution is 2.55. The number of carbonyl (C=O) groups is 2. The molecule has 0 radical (unpaired) electrons. The summed E-state index contributed by atoms with van der Waals surface area (Å²) in [7, 11) is -40.3. The van der Waals surface area contributed by atoms with E-state index in [1.54, 1.807) is 0 Å². The van der Waals surface area contributed by atoms with E-state index in [1.165, 1.54) is 0 Å². The van der Waals surface area contributed by atoms with Crippen LogP contribution >= 0.6 is 0 Å². The zero-order chi connectivity index (χ0) is 79.1. The van der Waals surface area contributed by atoms with Gasteiger partial charge < -0.3 is 97.2 Å². The van der Waals surface area contributed by atoms with Crippen molar-refractivity contribution in [3.05, 3.63) is 0 Å². The number of hydrogen-bond donors (Lipinski definition) is 4. The summed E-state index contributed by atoms with van der Waals surface area (Å²) >= 11 is 0. The van der Waals surface area contributed by atoms with Crippen molar-refractivity contribution in [2.75, 3.05) is 65.8 Å². The Balaban J connectivity index is 1.79. The Labute approximate surface area is 668 Å². The summed E-state index contributed by atoms with van der Waals surface area (Å²) < 4.78 is 138. The second kappa shape index (κ2) is 50.7. The molecule has 6 heterocycles. The quantitative estimate of drug-likeness (QED) is 0.0326. The van der Waals surface area contributed by atoms with Gasteiger partial charge in [0.15, 0.2) is 0 Å². The third-order valence-corrected chi connectivity index (χ3v) is 64.2. The molecule has 8 bridgehead atoms. The lowest BCUT2D eigenvalue weighted by atomic mass is 10.1. The fourth-order valence-corrected chi connectivity index (χ4v) is 71.2. The van der Waals surface area contributed by atoms with Crippen LogP contribution in [0.25, 0.3) is 0 Å². The number of carbonyl (C=O) groups excluding carboxylic acids is 2. The summed E-state index contributed by atoms with van der Waals surface area (Å²) in [5, 5.41) is 12.6. The van der Waals surface area contributed by atoms with Crippen LogP contribution in [0.3, 0.4) is 0 Å². The van der Waals surface area contributed by atoms with Gasteiger partial charge in [0.2, 0.25) is 0 Å². The van der Waals surface area contributed by atoms with Crippen LogP contribution in [0.5, 0.6) is 0 Å². The molecule has 108 heavy (non-hydrogen) atoms. The van der Waals surface area contributed by atoms with Crippen LogP contribution in [0.2, 0.25) is 60.4 Å². The highest BCUT2D eigenvalue weighted by Gasteiger charge is 2.83. The van der Waals surface area contributed by atoms with Crippen molar-refractivity contribution in [3.63, 3.8) is 0 Å². The van der Waals surface area contributed by atoms with Crippen LogP contribution < -0.4 is 21.3 Å². The minimum Gasteiger partial charge on any atom is -0.374 e. The molecule has 0 spiro atoms. The van der Waals surface area contributed by atoms with Crippen LogP contribution in [0.4, 0.5) is 9.59 Å². The van der Waals surface area contributed by atoms with E-state index in [0.717, 1.165) is 154 Å². The Bertz CT molecular complexity index is 2190. The second-order valence-corrected chi connectivity index (χ2v) is 63.6. The maximum absolute atomic E-state index is 14.1. The average Bonchev–Trinajstić information content (AvgIpc) is 0.687. The lowest BCUT2D eigenvalue weighted by Crippen LogP contribution is -2.88. The molecule has 0 saturated carbocycles. The second-order valence-electron chi connectivity index (χ2n) is 33.4. The van der Waals surface area contributed by atoms with E-state index in [-0.39, 0.29) is 37.2 Å². The molecular formula is C74H160N4O20Si10. The largest absolute Gasteiger partial charge is 0.500 e. The Morgan fingerprint density at radius 2 is 0.398 bits per heavy atom. The van der Waals surface area contributed by atoms with E-state index in [9.17, 15) is 9.59 Å². The van der Waals surface area contributed by atoms with E-state index in [0.29, 0.717) is 162 Å². The van der Waals surface area contributed by atoms with E-state index < -0.39 is 88.0 Å². The standard InChI is InChI=1S/C74H160N4O20Si10/c1-19-81-99(82-20-2,83-21-3)63-43-53-75-73(79)77-55-45-65-107-94-103(59-39-27-33-49-69(11)12)88-101(57-37-25-31-47-67(7)8)87-102(58-38-26-32-48-68(9)10)90-105(92-103,61-41-29-35-51-71(15)16)96-108(98-107,66-46-56-78-74(80)76-54-44-64-100(84-22-4,85-23-5)86-24-6)97-106(91-102,62-42-30-36-52-72(17)18)93-104(89-101,95-107)60-40-28-34-50-70(13)14/h67-72H,19-66H2,1-18H3,(H2,75,77,79)(H2,76,78,80). The van der Waals surface area contributed by atoms with Gasteiger partial charge >= 0.3 is 100 Å².